The van der Waals surface area contributed by atoms with Crippen LogP contribution in [0.2, 0.25) is 0 Å². The number of hydrogen-bond donors (Lipinski definition) is 1. The molecule has 1 unspecified atom stereocenters. The molecule has 2 nitrogen and oxygen atoms in total. The number of benzene rings is 2. The number of anilines is 1. The van der Waals surface area contributed by atoms with Gasteiger partial charge in [0.25, 0.3) is 0 Å². The van der Waals surface area contributed by atoms with Gasteiger partial charge in [-0.2, -0.15) is 5.26 Å². The summed E-state index contributed by atoms with van der Waals surface area (Å²) < 4.78 is 1.08. The largest absolute Gasteiger partial charge is 0.384 e. The summed E-state index contributed by atoms with van der Waals surface area (Å²) in [5.41, 5.74) is 4.52. The van der Waals surface area contributed by atoms with Gasteiger partial charge in [-0.1, -0.05) is 34.1 Å². The van der Waals surface area contributed by atoms with Gasteiger partial charge in [-0.25, -0.2) is 0 Å². The number of hydrogen-bond acceptors (Lipinski definition) is 2. The first-order valence-electron chi connectivity index (χ1n) is 6.29. The minimum atomic E-state index is 0.474. The van der Waals surface area contributed by atoms with E-state index in [0.717, 1.165) is 23.0 Å². The third-order valence-corrected chi connectivity index (χ3v) is 4.35. The maximum Gasteiger partial charge on any atom is 0.0991 e. The van der Waals surface area contributed by atoms with E-state index < -0.39 is 0 Å². The van der Waals surface area contributed by atoms with E-state index in [2.05, 4.69) is 51.6 Å². The molecule has 0 saturated carbocycles. The number of nitrogens with one attached hydrogen (secondary N) is 1. The van der Waals surface area contributed by atoms with Crippen LogP contribution < -0.4 is 5.32 Å². The van der Waals surface area contributed by atoms with Crippen LogP contribution in [0.5, 0.6) is 0 Å². The third-order valence-electron chi connectivity index (χ3n) is 3.58. The zero-order chi connectivity index (χ0) is 13.2. The maximum absolute atomic E-state index is 8.99. The van der Waals surface area contributed by atoms with E-state index in [1.54, 1.807) is 0 Å². The number of fused-ring (bicyclic) bond motifs is 1. The van der Waals surface area contributed by atoms with Gasteiger partial charge in [-0.3, -0.25) is 0 Å². The lowest BCUT2D eigenvalue weighted by Crippen LogP contribution is -2.06. The highest BCUT2D eigenvalue weighted by molar-refractivity contribution is 9.10. The molecule has 94 valence electrons. The Hall–Kier alpha value is -1.79. The first kappa shape index (κ1) is 12.3. The van der Waals surface area contributed by atoms with Gasteiger partial charge in [-0.15, -0.1) is 0 Å². The zero-order valence-electron chi connectivity index (χ0n) is 10.4. The highest BCUT2D eigenvalue weighted by atomic mass is 79.9. The molecule has 1 aliphatic heterocycles. The molecule has 0 spiro atoms. The molecule has 0 amide bonds. The van der Waals surface area contributed by atoms with Crippen LogP contribution in [-0.4, -0.2) is 6.54 Å². The molecule has 1 N–H and O–H groups in total. The second-order valence-corrected chi connectivity index (χ2v) is 5.64. The summed E-state index contributed by atoms with van der Waals surface area (Å²) in [6, 6.07) is 16.4. The minimum Gasteiger partial charge on any atom is -0.384 e. The van der Waals surface area contributed by atoms with Gasteiger partial charge >= 0.3 is 0 Å². The number of halogens is 1. The summed E-state index contributed by atoms with van der Waals surface area (Å²) in [6.07, 6.45) is 0.945. The molecule has 0 saturated heterocycles. The van der Waals surface area contributed by atoms with Crippen LogP contribution in [0.15, 0.2) is 46.9 Å². The third kappa shape index (κ3) is 2.36. The van der Waals surface area contributed by atoms with Gasteiger partial charge in [-0.05, 0) is 41.8 Å². The Bertz CT molecular complexity index is 658. The van der Waals surface area contributed by atoms with Crippen LogP contribution in [0, 0.1) is 11.3 Å². The number of rotatable bonds is 2. The van der Waals surface area contributed by atoms with Gasteiger partial charge in [0.05, 0.1) is 11.6 Å². The Morgan fingerprint density at radius 3 is 2.95 bits per heavy atom. The fourth-order valence-corrected chi connectivity index (χ4v) is 3.01. The van der Waals surface area contributed by atoms with Crippen LogP contribution in [0.25, 0.3) is 0 Å². The highest BCUT2D eigenvalue weighted by Crippen LogP contribution is 2.34. The molecule has 0 bridgehead atoms. The van der Waals surface area contributed by atoms with Crippen molar-refractivity contribution in [3.05, 3.63) is 63.6 Å². The molecule has 2 aromatic rings. The first-order chi connectivity index (χ1) is 9.28. The van der Waals surface area contributed by atoms with Crippen LogP contribution in [0.1, 0.15) is 22.6 Å². The van der Waals surface area contributed by atoms with Gasteiger partial charge in [0, 0.05) is 22.6 Å². The fourth-order valence-electron chi connectivity index (χ4n) is 2.61. The zero-order valence-corrected chi connectivity index (χ0v) is 11.9. The average Bonchev–Trinajstić information content (AvgIpc) is 2.85. The van der Waals surface area contributed by atoms with Crippen molar-refractivity contribution in [3.63, 3.8) is 0 Å². The summed E-state index contributed by atoms with van der Waals surface area (Å²) in [6.45, 7) is 0.961. The van der Waals surface area contributed by atoms with E-state index >= 15 is 0 Å². The molecule has 3 heteroatoms. The van der Waals surface area contributed by atoms with E-state index in [-0.39, 0.29) is 0 Å². The number of nitrogens with zero attached hydrogens (tertiary/aromatic N) is 1. The van der Waals surface area contributed by atoms with Crippen LogP contribution >= 0.6 is 15.9 Å². The molecular weight excluding hydrogens is 300 g/mol. The van der Waals surface area contributed by atoms with Crippen molar-refractivity contribution < 1.29 is 0 Å². The topological polar surface area (TPSA) is 35.8 Å². The Kier molecular flexibility index (Phi) is 3.27. The van der Waals surface area contributed by atoms with Gasteiger partial charge in [0.1, 0.15) is 0 Å². The smallest absolute Gasteiger partial charge is 0.0991 e. The summed E-state index contributed by atoms with van der Waals surface area (Å²) in [5.74, 6) is 0.474. The molecule has 0 fully saturated rings. The monoisotopic (exact) mass is 312 g/mol. The van der Waals surface area contributed by atoms with Crippen molar-refractivity contribution >= 4 is 21.6 Å². The van der Waals surface area contributed by atoms with Crippen LogP contribution in [0.4, 0.5) is 5.69 Å². The van der Waals surface area contributed by atoms with E-state index in [4.69, 9.17) is 5.26 Å². The summed E-state index contributed by atoms with van der Waals surface area (Å²) >= 11 is 3.58. The van der Waals surface area contributed by atoms with E-state index in [9.17, 15) is 0 Å². The molecule has 1 atom stereocenters. The van der Waals surface area contributed by atoms with Crippen molar-refractivity contribution in [2.75, 3.05) is 11.9 Å². The SMILES string of the molecule is N#Cc1ccc(Br)c(CC2CNc3ccccc32)c1. The standard InChI is InChI=1S/C16H13BrN2/c17-15-6-5-11(9-18)7-12(15)8-13-10-19-16-4-2-1-3-14(13)16/h1-7,13,19H,8,10H2. The quantitative estimate of drug-likeness (QED) is 0.907. The molecule has 19 heavy (non-hydrogen) atoms. The van der Waals surface area contributed by atoms with Gasteiger partial charge in [0.2, 0.25) is 0 Å². The second kappa shape index (κ2) is 5.07. The van der Waals surface area contributed by atoms with Crippen molar-refractivity contribution in [3.8, 4) is 6.07 Å². The highest BCUT2D eigenvalue weighted by Gasteiger charge is 2.22. The van der Waals surface area contributed by atoms with Crippen molar-refractivity contribution in [2.45, 2.75) is 12.3 Å². The lowest BCUT2D eigenvalue weighted by atomic mass is 9.93. The van der Waals surface area contributed by atoms with E-state index in [0.29, 0.717) is 5.92 Å². The summed E-state index contributed by atoms with van der Waals surface area (Å²) in [4.78, 5) is 0. The molecular formula is C16H13BrN2. The normalized spacial score (nSPS) is 16.5. The molecule has 1 aliphatic rings. The first-order valence-corrected chi connectivity index (χ1v) is 7.08. The Morgan fingerprint density at radius 1 is 1.26 bits per heavy atom. The van der Waals surface area contributed by atoms with Gasteiger partial charge in [0.15, 0.2) is 0 Å². The minimum absolute atomic E-state index is 0.474. The van der Waals surface area contributed by atoms with E-state index in [1.807, 2.05) is 18.2 Å². The second-order valence-electron chi connectivity index (χ2n) is 4.79. The Labute approximate surface area is 121 Å². The van der Waals surface area contributed by atoms with Gasteiger partial charge < -0.3 is 5.32 Å². The number of nitriles is 1. The molecule has 3 rings (SSSR count). The molecule has 0 radical (unpaired) electrons. The maximum atomic E-state index is 8.99. The molecule has 1 heterocycles. The van der Waals surface area contributed by atoms with Crippen LogP contribution in [0.3, 0.4) is 0 Å². The molecule has 0 aliphatic carbocycles. The van der Waals surface area contributed by atoms with Crippen LogP contribution in [-0.2, 0) is 6.42 Å². The van der Waals surface area contributed by atoms with Crippen molar-refractivity contribution in [1.82, 2.24) is 0 Å². The van der Waals surface area contributed by atoms with E-state index in [1.165, 1.54) is 16.8 Å². The van der Waals surface area contributed by atoms with Crippen molar-refractivity contribution in [1.29, 1.82) is 5.26 Å². The fraction of sp³-hybridized carbons (Fsp3) is 0.188. The lowest BCUT2D eigenvalue weighted by Gasteiger charge is -2.12. The molecule has 2 aromatic carbocycles. The van der Waals surface area contributed by atoms with Crippen molar-refractivity contribution in [2.24, 2.45) is 0 Å². The predicted molar refractivity (Wildman–Crippen MR) is 80.2 cm³/mol. The summed E-state index contributed by atoms with van der Waals surface area (Å²) in [5, 5.41) is 12.4. The predicted octanol–water partition coefficient (Wildman–Crippen LogP) is 4.07. The lowest BCUT2D eigenvalue weighted by molar-refractivity contribution is 0.749. The Morgan fingerprint density at radius 2 is 2.11 bits per heavy atom. The average molecular weight is 313 g/mol. The summed E-state index contributed by atoms with van der Waals surface area (Å²) in [7, 11) is 0. The number of para-hydroxylation sites is 1. The Balaban J connectivity index is 1.89. The molecule has 0 aromatic heterocycles.